The fraction of sp³-hybridized carbons (Fsp3) is 0.500. The molecule has 2 aromatic carbocycles. The number of carboxylic acid groups (broad SMARTS) is 1. The summed E-state index contributed by atoms with van der Waals surface area (Å²) in [5.74, 6) is -0.211. The number of hydrogen-bond donors (Lipinski definition) is 3. The molecule has 243 valence electrons. The zero-order valence-electron chi connectivity index (χ0n) is 25.3. The Morgan fingerprint density at radius 2 is 1.69 bits per heavy atom. The number of nitrogens with zero attached hydrogens (tertiary/aromatic N) is 1. The topological polar surface area (TPSA) is 125 Å². The normalized spacial score (nSPS) is 19.8. The average molecular weight is 694 g/mol. The van der Waals surface area contributed by atoms with Gasteiger partial charge in [-0.05, 0) is 60.2 Å². The van der Waals surface area contributed by atoms with Crippen molar-refractivity contribution in [2.75, 3.05) is 13.6 Å². The maximum atomic E-state index is 13.4. The number of likely N-dealkylation sites (N-methyl/N-ethyl adjacent to an activating group) is 1. The van der Waals surface area contributed by atoms with E-state index < -0.39 is 25.9 Å². The molecule has 2 aliphatic rings. The molecule has 0 aromatic heterocycles. The summed E-state index contributed by atoms with van der Waals surface area (Å²) in [7, 11) is -0.716. The van der Waals surface area contributed by atoms with Gasteiger partial charge < -0.3 is 25.0 Å². The van der Waals surface area contributed by atoms with Gasteiger partial charge >= 0.3 is 15.1 Å². The van der Waals surface area contributed by atoms with Crippen LogP contribution in [0.4, 0.5) is 9.59 Å². The van der Waals surface area contributed by atoms with E-state index in [4.69, 9.17) is 27.9 Å². The quantitative estimate of drug-likeness (QED) is 0.188. The van der Waals surface area contributed by atoms with Gasteiger partial charge in [-0.25, -0.2) is 4.79 Å². The van der Waals surface area contributed by atoms with Gasteiger partial charge in [0.05, 0.1) is 10.6 Å². The Bertz CT molecular complexity index is 1350. The third-order valence-electron chi connectivity index (χ3n) is 8.35. The monoisotopic (exact) mass is 692 g/mol. The second kappa shape index (κ2) is 17.3. The summed E-state index contributed by atoms with van der Waals surface area (Å²) in [6.07, 6.45) is 6.51. The molecule has 1 aliphatic heterocycles. The minimum absolute atomic E-state index is 0.0267. The van der Waals surface area contributed by atoms with Gasteiger partial charge in [-0.15, -0.1) is 11.8 Å². The molecule has 1 heterocycles. The van der Waals surface area contributed by atoms with Crippen LogP contribution in [0.2, 0.25) is 16.1 Å². The molecule has 2 fully saturated rings. The second-order valence-electron chi connectivity index (χ2n) is 11.7. The van der Waals surface area contributed by atoms with Crippen molar-refractivity contribution in [2.45, 2.75) is 74.6 Å². The maximum Gasteiger partial charge on any atom is 0.408 e. The van der Waals surface area contributed by atoms with Crippen molar-refractivity contribution in [2.24, 2.45) is 11.8 Å². The van der Waals surface area contributed by atoms with Crippen LogP contribution in [0.25, 0.3) is 0 Å². The Morgan fingerprint density at radius 1 is 1.02 bits per heavy atom. The third-order valence-corrected chi connectivity index (χ3v) is 12.3. The van der Waals surface area contributed by atoms with E-state index in [2.05, 4.69) is 10.3 Å². The number of amides is 3. The largest absolute Gasteiger partial charge is 0.484 e. The molecule has 1 radical (unpaired) electrons. The molecule has 13 heteroatoms. The summed E-state index contributed by atoms with van der Waals surface area (Å²) in [5, 5.41) is 13.2. The highest BCUT2D eigenvalue weighted by atomic mass is 35.5. The number of benzene rings is 2. The van der Waals surface area contributed by atoms with E-state index in [0.29, 0.717) is 28.9 Å². The Balaban J connectivity index is 1.29. The number of nitrogens with one attached hydrogen (secondary N) is 2. The molecule has 3 N–H and O–H groups in total. The molecule has 1 saturated carbocycles. The first-order chi connectivity index (χ1) is 21.6. The highest BCUT2D eigenvalue weighted by Gasteiger charge is 2.48. The Labute approximate surface area is 280 Å². The smallest absolute Gasteiger partial charge is 0.408 e. The van der Waals surface area contributed by atoms with Crippen molar-refractivity contribution in [3.63, 3.8) is 0 Å². The number of ether oxygens (including phenoxy) is 1. The number of carbonyl (C=O) groups is 4. The zero-order chi connectivity index (χ0) is 32.3. The molecule has 3 atom stereocenters. The molecule has 9 nitrogen and oxygen atoms in total. The molecule has 3 amide bonds. The molecular formula is C32H40Cl2N3O6SSi. The number of alkyl carbamates (subject to hydrolysis) is 1. The van der Waals surface area contributed by atoms with Crippen LogP contribution < -0.4 is 10.3 Å². The van der Waals surface area contributed by atoms with E-state index in [9.17, 15) is 24.3 Å². The first-order valence-electron chi connectivity index (χ1n) is 15.3. The summed E-state index contributed by atoms with van der Waals surface area (Å²) in [6.45, 7) is 0.540. The molecule has 45 heavy (non-hydrogen) atoms. The number of hydrogen-bond acceptors (Lipinski definition) is 6. The Kier molecular flexibility index (Phi) is 13.5. The van der Waals surface area contributed by atoms with Crippen molar-refractivity contribution in [3.05, 3.63) is 69.7 Å². The average Bonchev–Trinajstić information content (AvgIpc) is 3.01. The van der Waals surface area contributed by atoms with E-state index in [-0.39, 0.29) is 42.2 Å². The van der Waals surface area contributed by atoms with E-state index in [0.717, 1.165) is 43.2 Å². The van der Waals surface area contributed by atoms with Crippen molar-refractivity contribution in [1.82, 2.24) is 15.2 Å². The highest BCUT2D eigenvalue weighted by molar-refractivity contribution is 8.02. The molecule has 2 unspecified atom stereocenters. The van der Waals surface area contributed by atoms with Crippen molar-refractivity contribution in [3.8, 4) is 0 Å². The minimum Gasteiger partial charge on any atom is -0.484 e. The first kappa shape index (κ1) is 35.1. The van der Waals surface area contributed by atoms with Crippen molar-refractivity contribution < 1.29 is 29.0 Å². The van der Waals surface area contributed by atoms with Crippen LogP contribution in [-0.4, -0.2) is 66.7 Å². The van der Waals surface area contributed by atoms with Crippen LogP contribution in [-0.2, 0) is 27.4 Å². The first-order valence-corrected chi connectivity index (χ1v) is 18.7. The zero-order valence-corrected chi connectivity index (χ0v) is 28.6. The summed E-state index contributed by atoms with van der Waals surface area (Å²) in [6, 6.07) is 14.6. The van der Waals surface area contributed by atoms with Gasteiger partial charge in [-0.1, -0.05) is 79.6 Å². The number of thioether (sulfide) groups is 1. The summed E-state index contributed by atoms with van der Waals surface area (Å²) in [5.41, 5.74) is 0.687. The van der Waals surface area contributed by atoms with Crippen LogP contribution in [0.15, 0.2) is 48.5 Å². The molecule has 2 aromatic rings. The molecule has 4 rings (SSSR count). The lowest BCUT2D eigenvalue weighted by molar-refractivity contribution is -0.129. The fourth-order valence-electron chi connectivity index (χ4n) is 5.79. The summed E-state index contributed by atoms with van der Waals surface area (Å²) in [4.78, 5) is 55.3. The van der Waals surface area contributed by atoms with Crippen LogP contribution in [0, 0.1) is 11.8 Å². The third kappa shape index (κ3) is 10.9. The predicted octanol–water partition coefficient (Wildman–Crippen LogP) is 6.71. The SMILES string of the molecule is CN(CCc1cccc(Cl)c1)C(=O)CC[Si](NC(=O)C1SC(NC(=O)OCc2cccc(Cl)c2)[C@H]1CC1CCCCC1)C(=O)O. The van der Waals surface area contributed by atoms with Gasteiger partial charge in [-0.2, -0.15) is 0 Å². The van der Waals surface area contributed by atoms with Crippen LogP contribution >= 0.6 is 35.0 Å². The number of carbonyl (C=O) groups excluding carboxylic acids is 3. The van der Waals surface area contributed by atoms with Crippen LogP contribution in [0.1, 0.15) is 56.1 Å². The fourth-order valence-corrected chi connectivity index (χ4v) is 9.02. The Hall–Kier alpha value is -2.73. The number of rotatable bonds is 14. The van der Waals surface area contributed by atoms with Crippen LogP contribution in [0.5, 0.6) is 0 Å². The maximum absolute atomic E-state index is 13.4. The molecule has 1 saturated heterocycles. The Morgan fingerprint density at radius 3 is 2.36 bits per heavy atom. The van der Waals surface area contributed by atoms with Gasteiger partial charge in [0, 0.05) is 36.0 Å². The van der Waals surface area contributed by atoms with E-state index >= 15 is 0 Å². The molecule has 0 spiro atoms. The lowest BCUT2D eigenvalue weighted by Gasteiger charge is -2.45. The van der Waals surface area contributed by atoms with Gasteiger partial charge in [0.2, 0.25) is 11.8 Å². The summed E-state index contributed by atoms with van der Waals surface area (Å²) < 4.78 is 5.40. The summed E-state index contributed by atoms with van der Waals surface area (Å²) >= 11 is 13.4. The van der Waals surface area contributed by atoms with E-state index in [1.54, 1.807) is 36.2 Å². The highest BCUT2D eigenvalue weighted by Crippen LogP contribution is 2.46. The van der Waals surface area contributed by atoms with Crippen molar-refractivity contribution in [1.29, 1.82) is 0 Å². The van der Waals surface area contributed by atoms with Gasteiger partial charge in [0.1, 0.15) is 6.61 Å². The van der Waals surface area contributed by atoms with E-state index in [1.807, 2.05) is 24.3 Å². The van der Waals surface area contributed by atoms with E-state index in [1.165, 1.54) is 18.2 Å². The lowest BCUT2D eigenvalue weighted by atomic mass is 9.81. The van der Waals surface area contributed by atoms with Crippen LogP contribution in [0.3, 0.4) is 0 Å². The van der Waals surface area contributed by atoms with Gasteiger partial charge in [-0.3, -0.25) is 14.4 Å². The lowest BCUT2D eigenvalue weighted by Crippen LogP contribution is -2.59. The molecule has 0 bridgehead atoms. The molecule has 1 aliphatic carbocycles. The molecular weight excluding hydrogens is 653 g/mol. The van der Waals surface area contributed by atoms with Gasteiger partial charge in [0.25, 0.3) is 5.59 Å². The van der Waals surface area contributed by atoms with Crippen molar-refractivity contribution >= 4 is 67.4 Å². The van der Waals surface area contributed by atoms with Gasteiger partial charge in [0.15, 0.2) is 0 Å². The number of halogens is 2. The minimum atomic E-state index is -2.40. The standard InChI is InChI=1S/C32H40Cl2N3O6SSi/c1-37(15-13-22-9-5-11-24(33)17-22)27(38)14-16-45(32(41)42)36-29(39)28-26(19-21-7-3-2-4-8-21)30(44-28)35-31(40)43-20-23-10-6-12-25(34)18-23/h5-6,9-12,17-18,21,26,28,30H,2-4,7-8,13-16,19-20H2,1H3,(H,35,40)(H,36,39)(H,41,42)/t26-,28?,30?/m0/s1. The predicted molar refractivity (Wildman–Crippen MR) is 179 cm³/mol. The second-order valence-corrected chi connectivity index (χ2v) is 16.0.